The summed E-state index contributed by atoms with van der Waals surface area (Å²) in [6, 6.07) is 1.30. The van der Waals surface area contributed by atoms with E-state index in [0.29, 0.717) is 18.0 Å². The zero-order valence-electron chi connectivity index (χ0n) is 10.4. The summed E-state index contributed by atoms with van der Waals surface area (Å²) in [4.78, 5) is 11.5. The molecule has 2 fully saturated rings. The van der Waals surface area contributed by atoms with Crippen LogP contribution >= 0.6 is 0 Å². The van der Waals surface area contributed by atoms with Gasteiger partial charge in [-0.3, -0.25) is 0 Å². The molecule has 2 heterocycles. The van der Waals surface area contributed by atoms with E-state index in [1.54, 1.807) is 0 Å². The zero-order valence-corrected chi connectivity index (χ0v) is 10.4. The van der Waals surface area contributed by atoms with Crippen molar-refractivity contribution < 1.29 is 9.53 Å². The smallest absolute Gasteiger partial charge is 0.407 e. The van der Waals surface area contributed by atoms with Gasteiger partial charge in [-0.2, -0.15) is 0 Å². The second-order valence-electron chi connectivity index (χ2n) is 5.93. The van der Waals surface area contributed by atoms with Crippen LogP contribution in [0.4, 0.5) is 4.79 Å². The predicted molar refractivity (Wildman–Crippen MR) is 62.3 cm³/mol. The number of hydrogen-bond acceptors (Lipinski definition) is 3. The standard InChI is InChI=1S/C12H22N2O2/c1-12(2,3)16-11(15)13-7-8-6-9-4-5-10(8)14-9/h8-10,14H,4-7H2,1-3H3,(H,13,15). The Morgan fingerprint density at radius 1 is 1.44 bits per heavy atom. The Labute approximate surface area is 97.1 Å². The molecule has 1 amide bonds. The lowest BCUT2D eigenvalue weighted by molar-refractivity contribution is 0.0517. The van der Waals surface area contributed by atoms with Crippen LogP contribution in [0.15, 0.2) is 0 Å². The summed E-state index contributed by atoms with van der Waals surface area (Å²) in [7, 11) is 0. The third-order valence-corrected chi connectivity index (χ3v) is 3.34. The molecule has 2 rings (SSSR count). The molecule has 2 saturated heterocycles. The summed E-state index contributed by atoms with van der Waals surface area (Å²) < 4.78 is 5.21. The molecular weight excluding hydrogens is 204 g/mol. The molecule has 0 aliphatic carbocycles. The van der Waals surface area contributed by atoms with Crippen molar-refractivity contribution in [3.05, 3.63) is 0 Å². The Balaban J connectivity index is 1.70. The van der Waals surface area contributed by atoms with E-state index >= 15 is 0 Å². The van der Waals surface area contributed by atoms with Gasteiger partial charge in [0.2, 0.25) is 0 Å². The number of amides is 1. The number of fused-ring (bicyclic) bond motifs is 2. The molecule has 0 aromatic heterocycles. The maximum Gasteiger partial charge on any atom is 0.407 e. The summed E-state index contributed by atoms with van der Waals surface area (Å²) in [5.41, 5.74) is -0.406. The van der Waals surface area contributed by atoms with E-state index in [9.17, 15) is 4.79 Å². The highest BCUT2D eigenvalue weighted by Gasteiger charge is 2.38. The monoisotopic (exact) mass is 226 g/mol. The number of hydrogen-bond donors (Lipinski definition) is 2. The fourth-order valence-electron chi connectivity index (χ4n) is 2.69. The van der Waals surface area contributed by atoms with Crippen molar-refractivity contribution in [3.8, 4) is 0 Å². The first-order valence-electron chi connectivity index (χ1n) is 6.17. The molecular formula is C12H22N2O2. The molecule has 0 saturated carbocycles. The Bertz CT molecular complexity index is 273. The summed E-state index contributed by atoms with van der Waals surface area (Å²) in [6.07, 6.45) is 3.45. The van der Waals surface area contributed by atoms with Gasteiger partial charge in [0, 0.05) is 18.6 Å². The minimum atomic E-state index is -0.406. The maximum absolute atomic E-state index is 11.5. The molecule has 4 heteroatoms. The van der Waals surface area contributed by atoms with Crippen molar-refractivity contribution in [1.82, 2.24) is 10.6 Å². The lowest BCUT2D eigenvalue weighted by Crippen LogP contribution is -2.38. The average Bonchev–Trinajstić information content (AvgIpc) is 2.72. The van der Waals surface area contributed by atoms with Crippen molar-refractivity contribution in [1.29, 1.82) is 0 Å². The van der Waals surface area contributed by atoms with Gasteiger partial charge in [0.1, 0.15) is 5.60 Å². The summed E-state index contributed by atoms with van der Waals surface area (Å²) in [5.74, 6) is 0.589. The summed E-state index contributed by atoms with van der Waals surface area (Å²) in [5, 5.41) is 6.42. The molecule has 2 N–H and O–H groups in total. The van der Waals surface area contributed by atoms with Crippen LogP contribution in [0.5, 0.6) is 0 Å². The Kier molecular flexibility index (Phi) is 3.10. The largest absolute Gasteiger partial charge is 0.444 e. The van der Waals surface area contributed by atoms with E-state index in [2.05, 4.69) is 10.6 Å². The van der Waals surface area contributed by atoms with Crippen LogP contribution in [0.3, 0.4) is 0 Å². The van der Waals surface area contributed by atoms with E-state index in [4.69, 9.17) is 4.74 Å². The zero-order chi connectivity index (χ0) is 11.8. The second kappa shape index (κ2) is 4.24. The quantitative estimate of drug-likeness (QED) is 0.752. The number of rotatable bonds is 2. The van der Waals surface area contributed by atoms with Crippen LogP contribution in [0.2, 0.25) is 0 Å². The molecule has 16 heavy (non-hydrogen) atoms. The van der Waals surface area contributed by atoms with E-state index in [1.165, 1.54) is 19.3 Å². The van der Waals surface area contributed by atoms with Crippen LogP contribution in [0.25, 0.3) is 0 Å². The van der Waals surface area contributed by atoms with Gasteiger partial charge >= 0.3 is 6.09 Å². The molecule has 2 aliphatic rings. The molecule has 92 valence electrons. The van der Waals surface area contributed by atoms with Crippen LogP contribution in [0, 0.1) is 5.92 Å². The molecule has 2 bridgehead atoms. The molecule has 4 nitrogen and oxygen atoms in total. The van der Waals surface area contributed by atoms with E-state index in [1.807, 2.05) is 20.8 Å². The fraction of sp³-hybridized carbons (Fsp3) is 0.917. The predicted octanol–water partition coefficient (Wildman–Crippen LogP) is 1.65. The van der Waals surface area contributed by atoms with Crippen molar-refractivity contribution >= 4 is 6.09 Å². The van der Waals surface area contributed by atoms with Gasteiger partial charge in [-0.25, -0.2) is 4.79 Å². The van der Waals surface area contributed by atoms with Gasteiger partial charge < -0.3 is 15.4 Å². The third kappa shape index (κ3) is 2.88. The minimum absolute atomic E-state index is 0.296. The van der Waals surface area contributed by atoms with E-state index in [0.717, 1.165) is 6.54 Å². The first kappa shape index (κ1) is 11.7. The highest BCUT2D eigenvalue weighted by atomic mass is 16.6. The van der Waals surface area contributed by atoms with Crippen LogP contribution < -0.4 is 10.6 Å². The van der Waals surface area contributed by atoms with Crippen molar-refractivity contribution in [2.75, 3.05) is 6.54 Å². The van der Waals surface area contributed by atoms with Gasteiger partial charge in [0.25, 0.3) is 0 Å². The molecule has 0 radical (unpaired) electrons. The SMILES string of the molecule is CC(C)(C)OC(=O)NCC1CC2CCC1N2. The lowest BCUT2D eigenvalue weighted by Gasteiger charge is -2.23. The van der Waals surface area contributed by atoms with Gasteiger partial charge in [0.05, 0.1) is 0 Å². The number of carbonyl (C=O) groups is 1. The van der Waals surface area contributed by atoms with Crippen molar-refractivity contribution in [2.45, 2.75) is 57.7 Å². The van der Waals surface area contributed by atoms with Gasteiger partial charge in [0.15, 0.2) is 0 Å². The minimum Gasteiger partial charge on any atom is -0.444 e. The average molecular weight is 226 g/mol. The fourth-order valence-corrected chi connectivity index (χ4v) is 2.69. The first-order valence-corrected chi connectivity index (χ1v) is 6.17. The van der Waals surface area contributed by atoms with Crippen LogP contribution in [0.1, 0.15) is 40.0 Å². The second-order valence-corrected chi connectivity index (χ2v) is 5.93. The lowest BCUT2D eigenvalue weighted by atomic mass is 9.89. The third-order valence-electron chi connectivity index (χ3n) is 3.34. The van der Waals surface area contributed by atoms with E-state index in [-0.39, 0.29) is 6.09 Å². The number of nitrogens with one attached hydrogen (secondary N) is 2. The normalized spacial score (nSPS) is 32.8. The van der Waals surface area contributed by atoms with Crippen LogP contribution in [-0.4, -0.2) is 30.3 Å². The first-order chi connectivity index (χ1) is 7.44. The van der Waals surface area contributed by atoms with Gasteiger partial charge in [-0.05, 0) is 46.0 Å². The highest BCUT2D eigenvalue weighted by molar-refractivity contribution is 5.67. The van der Waals surface area contributed by atoms with Gasteiger partial charge in [-0.15, -0.1) is 0 Å². The van der Waals surface area contributed by atoms with Crippen molar-refractivity contribution in [3.63, 3.8) is 0 Å². The van der Waals surface area contributed by atoms with Gasteiger partial charge in [-0.1, -0.05) is 0 Å². The van der Waals surface area contributed by atoms with Crippen molar-refractivity contribution in [2.24, 2.45) is 5.92 Å². The molecule has 0 aromatic carbocycles. The highest BCUT2D eigenvalue weighted by Crippen LogP contribution is 2.32. The molecule has 0 spiro atoms. The Hall–Kier alpha value is -0.770. The topological polar surface area (TPSA) is 50.4 Å². The maximum atomic E-state index is 11.5. The van der Waals surface area contributed by atoms with Crippen LogP contribution in [-0.2, 0) is 4.74 Å². The summed E-state index contributed by atoms with van der Waals surface area (Å²) in [6.45, 7) is 6.38. The molecule has 3 atom stereocenters. The molecule has 0 aromatic rings. The Morgan fingerprint density at radius 3 is 2.69 bits per heavy atom. The molecule has 3 unspecified atom stereocenters. The number of ether oxygens (including phenoxy) is 1. The molecule has 2 aliphatic heterocycles. The summed E-state index contributed by atoms with van der Waals surface area (Å²) >= 11 is 0. The number of alkyl carbamates (subject to hydrolysis) is 1. The Morgan fingerprint density at radius 2 is 2.19 bits per heavy atom. The van der Waals surface area contributed by atoms with E-state index < -0.39 is 5.60 Å². The number of carbonyl (C=O) groups excluding carboxylic acids is 1.